The van der Waals surface area contributed by atoms with Crippen molar-refractivity contribution in [3.8, 4) is 11.3 Å². The Bertz CT molecular complexity index is 1320. The SMILES string of the molecule is Cc1[nH]c(C(=O)NC2[C@H]3CN(c4nc(-c5ccc(C(C)(C)C)cc5)c(C(=O)[O-])s4)C[C@@H]23)c(Cl)c1Cl.[Li+]. The van der Waals surface area contributed by atoms with Gasteiger partial charge in [-0.1, -0.05) is 79.6 Å². The average molecular weight is 539 g/mol. The summed E-state index contributed by atoms with van der Waals surface area (Å²) < 4.78 is 0. The molecule has 1 saturated carbocycles. The van der Waals surface area contributed by atoms with Crippen molar-refractivity contribution in [2.75, 3.05) is 18.0 Å². The molecular formula is C25H25Cl2LiN4O3S. The molecule has 5 rings (SSSR count). The van der Waals surface area contributed by atoms with Crippen molar-refractivity contribution in [2.24, 2.45) is 11.8 Å². The first-order valence-electron chi connectivity index (χ1n) is 11.4. The van der Waals surface area contributed by atoms with E-state index in [-0.39, 0.29) is 63.7 Å². The molecule has 3 atom stereocenters. The van der Waals surface area contributed by atoms with Crippen molar-refractivity contribution < 1.29 is 33.6 Å². The van der Waals surface area contributed by atoms with Gasteiger partial charge in [0.1, 0.15) is 5.69 Å². The van der Waals surface area contributed by atoms with Gasteiger partial charge in [0.2, 0.25) is 0 Å². The van der Waals surface area contributed by atoms with Crippen LogP contribution in [0.3, 0.4) is 0 Å². The molecule has 2 aliphatic rings. The fourth-order valence-corrected chi connectivity index (χ4v) is 6.11. The number of nitrogens with one attached hydrogen (secondary N) is 2. The molecule has 1 amide bonds. The average Bonchev–Trinajstić information content (AvgIpc) is 3.19. The van der Waals surface area contributed by atoms with Crippen LogP contribution in [0.15, 0.2) is 24.3 Å². The van der Waals surface area contributed by atoms with E-state index in [2.05, 4.69) is 41.0 Å². The molecule has 0 bridgehead atoms. The minimum atomic E-state index is -1.23. The zero-order valence-electron chi connectivity index (χ0n) is 20.7. The van der Waals surface area contributed by atoms with Gasteiger partial charge in [0.25, 0.3) is 5.91 Å². The third-order valence-corrected chi connectivity index (χ3v) is 8.91. The summed E-state index contributed by atoms with van der Waals surface area (Å²) in [6, 6.07) is 7.90. The second-order valence-electron chi connectivity index (χ2n) is 10.3. The zero-order chi connectivity index (χ0) is 25.2. The molecule has 1 saturated heterocycles. The number of carbonyl (C=O) groups is 2. The van der Waals surface area contributed by atoms with Crippen LogP contribution in [0.25, 0.3) is 11.3 Å². The molecule has 11 heteroatoms. The number of hydrogen-bond acceptors (Lipinski definition) is 6. The summed E-state index contributed by atoms with van der Waals surface area (Å²) in [6.07, 6.45) is 0. The molecule has 1 aromatic carbocycles. The van der Waals surface area contributed by atoms with Gasteiger partial charge in [-0.25, -0.2) is 4.98 Å². The van der Waals surface area contributed by atoms with Crippen LogP contribution in [-0.2, 0) is 5.41 Å². The van der Waals surface area contributed by atoms with Crippen LogP contribution in [0.2, 0.25) is 10.0 Å². The maximum atomic E-state index is 12.6. The molecule has 36 heavy (non-hydrogen) atoms. The smallest absolute Gasteiger partial charge is 0.544 e. The Morgan fingerprint density at radius 2 is 1.75 bits per heavy atom. The van der Waals surface area contributed by atoms with Gasteiger partial charge in [-0.05, 0) is 17.9 Å². The van der Waals surface area contributed by atoms with E-state index in [0.717, 1.165) is 22.5 Å². The Kier molecular flexibility index (Phi) is 7.33. The van der Waals surface area contributed by atoms with Gasteiger partial charge in [0.15, 0.2) is 5.13 Å². The molecule has 0 spiro atoms. The fraction of sp³-hybridized carbons (Fsp3) is 0.400. The number of fused-ring (bicyclic) bond motifs is 1. The van der Waals surface area contributed by atoms with Crippen LogP contribution >= 0.6 is 34.5 Å². The second kappa shape index (κ2) is 9.73. The number of H-pyrrole nitrogens is 1. The van der Waals surface area contributed by atoms with E-state index in [1.165, 1.54) is 0 Å². The van der Waals surface area contributed by atoms with Gasteiger partial charge >= 0.3 is 18.9 Å². The second-order valence-corrected chi connectivity index (χ2v) is 12.0. The number of carboxylic acids is 1. The summed E-state index contributed by atoms with van der Waals surface area (Å²) in [6.45, 7) is 9.54. The number of benzene rings is 1. The van der Waals surface area contributed by atoms with Crippen molar-refractivity contribution in [1.29, 1.82) is 0 Å². The van der Waals surface area contributed by atoms with E-state index >= 15 is 0 Å². The Morgan fingerprint density at radius 3 is 2.25 bits per heavy atom. The summed E-state index contributed by atoms with van der Waals surface area (Å²) in [5, 5.41) is 16.1. The molecule has 2 fully saturated rings. The summed E-state index contributed by atoms with van der Waals surface area (Å²) in [5.74, 6) is -0.955. The van der Waals surface area contributed by atoms with E-state index in [9.17, 15) is 14.7 Å². The summed E-state index contributed by atoms with van der Waals surface area (Å²) in [4.78, 5) is 34.3. The molecule has 3 aromatic rings. The van der Waals surface area contributed by atoms with Gasteiger partial charge in [-0.3, -0.25) is 4.79 Å². The predicted molar refractivity (Wildman–Crippen MR) is 137 cm³/mol. The molecular weight excluding hydrogens is 514 g/mol. The molecule has 0 radical (unpaired) electrons. The number of amides is 1. The van der Waals surface area contributed by atoms with Crippen molar-refractivity contribution in [1.82, 2.24) is 15.3 Å². The number of anilines is 1. The van der Waals surface area contributed by atoms with Gasteiger partial charge in [0.05, 0.1) is 26.6 Å². The van der Waals surface area contributed by atoms with Crippen LogP contribution in [0.4, 0.5) is 5.13 Å². The number of rotatable bonds is 5. The maximum Gasteiger partial charge on any atom is 1.00 e. The summed E-state index contributed by atoms with van der Waals surface area (Å²) in [7, 11) is 0. The van der Waals surface area contributed by atoms with E-state index in [0.29, 0.717) is 34.6 Å². The molecule has 1 unspecified atom stereocenters. The van der Waals surface area contributed by atoms with E-state index in [1.807, 2.05) is 24.3 Å². The number of carboxylic acid groups (broad SMARTS) is 1. The number of aromatic carboxylic acids is 1. The van der Waals surface area contributed by atoms with E-state index < -0.39 is 5.97 Å². The van der Waals surface area contributed by atoms with Crippen LogP contribution in [0, 0.1) is 18.8 Å². The van der Waals surface area contributed by atoms with Crippen molar-refractivity contribution >= 4 is 51.5 Å². The Balaban J connectivity index is 0.00000304. The Morgan fingerprint density at radius 1 is 1.14 bits per heavy atom. The van der Waals surface area contributed by atoms with Crippen LogP contribution in [-0.4, -0.2) is 41.0 Å². The van der Waals surface area contributed by atoms with Crippen molar-refractivity contribution in [3.63, 3.8) is 0 Å². The Labute approximate surface area is 235 Å². The number of aromatic amines is 1. The molecule has 3 heterocycles. The summed E-state index contributed by atoms with van der Waals surface area (Å²) in [5.41, 5.74) is 3.29. The fourth-order valence-electron chi connectivity index (χ4n) is 4.75. The predicted octanol–water partition coefficient (Wildman–Crippen LogP) is 1.28. The number of piperidine rings is 1. The van der Waals surface area contributed by atoms with Crippen molar-refractivity contribution in [2.45, 2.75) is 39.2 Å². The minimum absolute atomic E-state index is 0. The number of aryl methyl sites for hydroxylation is 1. The first-order valence-corrected chi connectivity index (χ1v) is 13.0. The first-order chi connectivity index (χ1) is 16.5. The molecule has 1 aliphatic heterocycles. The maximum absolute atomic E-state index is 12.6. The van der Waals surface area contributed by atoms with Gasteiger partial charge in [-0.15, -0.1) is 0 Å². The number of halogens is 2. The van der Waals surface area contributed by atoms with Gasteiger partial charge in [-0.2, -0.15) is 0 Å². The van der Waals surface area contributed by atoms with Crippen molar-refractivity contribution in [3.05, 3.63) is 56.1 Å². The standard InChI is InChI=1S/C25H26Cl2N4O3S.Li/c1-11-16(26)17(27)20(28-11)22(32)29-19-14-9-31(10-15(14)19)24-30-18(21(35-24)23(33)34)12-5-7-13(8-6-12)25(2,3)4;/h5-8,14-15,19,28H,9-10H2,1-4H3,(H,29,32)(H,33,34);/q;+1/p-1/t14-,15+,19?;. The third kappa shape index (κ3) is 4.82. The van der Waals surface area contributed by atoms with Gasteiger partial charge < -0.3 is 25.1 Å². The largest absolute Gasteiger partial charge is 1.00 e. The normalized spacial score (nSPS) is 20.6. The van der Waals surface area contributed by atoms with E-state index in [4.69, 9.17) is 23.2 Å². The first kappa shape index (κ1) is 27.1. The summed E-state index contributed by atoms with van der Waals surface area (Å²) >= 11 is 13.4. The van der Waals surface area contributed by atoms with Crippen LogP contribution < -0.4 is 34.2 Å². The quantitative estimate of drug-likeness (QED) is 0.476. The van der Waals surface area contributed by atoms with E-state index in [1.54, 1.807) is 6.92 Å². The third-order valence-electron chi connectivity index (χ3n) is 6.87. The molecule has 7 nitrogen and oxygen atoms in total. The molecule has 184 valence electrons. The number of aromatic nitrogens is 2. The topological polar surface area (TPSA) is 101 Å². The molecule has 2 aromatic heterocycles. The Hall–Kier alpha value is -1.95. The van der Waals surface area contributed by atoms with Gasteiger partial charge in [0, 0.05) is 42.2 Å². The minimum Gasteiger partial charge on any atom is -0.544 e. The molecule has 2 N–H and O–H groups in total. The number of nitrogens with zero attached hydrogens (tertiary/aromatic N) is 2. The number of hydrogen-bond donors (Lipinski definition) is 2. The number of carbonyl (C=O) groups excluding carboxylic acids is 2. The molecule has 1 aliphatic carbocycles. The monoisotopic (exact) mass is 538 g/mol. The van der Waals surface area contributed by atoms with Crippen LogP contribution in [0.1, 0.15) is 52.2 Å². The number of thiazole rings is 1. The van der Waals surface area contributed by atoms with Crippen LogP contribution in [0.5, 0.6) is 0 Å². The zero-order valence-corrected chi connectivity index (χ0v) is 23.1.